The van der Waals surface area contributed by atoms with E-state index >= 15 is 0 Å². The van der Waals surface area contributed by atoms with Gasteiger partial charge in [-0.05, 0) is 0 Å². The van der Waals surface area contributed by atoms with Crippen LogP contribution in [0.2, 0.25) is 0 Å². The van der Waals surface area contributed by atoms with Crippen LogP contribution in [0.1, 0.15) is 0 Å². The molecule has 0 aliphatic carbocycles. The predicted octanol–water partition coefficient (Wildman–Crippen LogP) is -0.917. The van der Waals surface area contributed by atoms with Crippen LogP contribution in [0, 0.1) is 35.6 Å². The van der Waals surface area contributed by atoms with Crippen molar-refractivity contribution in [3.63, 3.8) is 0 Å². The zero-order chi connectivity index (χ0) is 2.00. The molecular formula is H3AlLaMgS. The van der Waals surface area contributed by atoms with Crippen LogP contribution in [-0.2, 0) is 0 Å². The molecule has 17 valence electrons. The zero-order valence-electron chi connectivity index (χ0n) is 1.69. The molecule has 0 atom stereocenters. The van der Waals surface area contributed by atoms with E-state index in [1.165, 1.54) is 14.6 Å². The average Bonchev–Trinajstić information content (AvgIpc) is 1.00. The van der Waals surface area contributed by atoms with Crippen LogP contribution in [0.4, 0.5) is 0 Å². The van der Waals surface area contributed by atoms with Gasteiger partial charge in [-0.25, -0.2) is 0 Å². The Labute approximate surface area is 82.1 Å². The molecule has 0 spiro atoms. The van der Waals surface area contributed by atoms with Crippen molar-refractivity contribution >= 4 is 48.2 Å². The molecule has 0 fully saturated rings. The second kappa shape index (κ2) is 17.2. The van der Waals surface area contributed by atoms with Crippen LogP contribution in [0.3, 0.4) is 0 Å². The molecule has 0 aromatic rings. The van der Waals surface area contributed by atoms with Gasteiger partial charge < -0.3 is 0 Å². The van der Waals surface area contributed by atoms with Gasteiger partial charge in [0.05, 0.1) is 0 Å². The Bertz CT molecular complexity index is 8.00. The van der Waals surface area contributed by atoms with Gasteiger partial charge in [-0.3, -0.25) is 0 Å². The van der Waals surface area contributed by atoms with Crippen molar-refractivity contribution in [1.82, 2.24) is 0 Å². The third-order valence-electron chi connectivity index (χ3n) is 0. The van der Waals surface area contributed by atoms with E-state index in [1.54, 1.807) is 0 Å². The normalized spacial score (nSPS) is 0.750. The minimum absolute atomic E-state index is 0. The van der Waals surface area contributed by atoms with Gasteiger partial charge in [-0.1, -0.05) is 0 Å². The molecule has 0 rings (SSSR count). The van der Waals surface area contributed by atoms with E-state index in [1.807, 2.05) is 0 Å². The van der Waals surface area contributed by atoms with Crippen molar-refractivity contribution < 1.29 is 35.6 Å². The van der Waals surface area contributed by atoms with Gasteiger partial charge in [-0.2, -0.15) is 0 Å². The molecule has 0 aliphatic rings. The van der Waals surface area contributed by atoms with Gasteiger partial charge in [-0.15, -0.1) is 0 Å². The number of hydrogen-bond donors (Lipinski definition) is 0. The van der Waals surface area contributed by atoms with Gasteiger partial charge in [0.1, 0.15) is 0 Å². The Morgan fingerprint density at radius 3 is 1.25 bits per heavy atom. The maximum atomic E-state index is 4.11. The molecule has 0 aromatic carbocycles. The third kappa shape index (κ3) is 8.83. The first-order valence-corrected chi connectivity index (χ1v) is 2.60. The minimum Gasteiger partial charge on any atom is 0 e. The second-order valence-electron chi connectivity index (χ2n) is 0. The van der Waals surface area contributed by atoms with Crippen molar-refractivity contribution in [1.29, 1.82) is 0 Å². The summed E-state index contributed by atoms with van der Waals surface area (Å²) in [5, 5.41) is 0. The van der Waals surface area contributed by atoms with E-state index in [0.717, 1.165) is 0 Å². The summed E-state index contributed by atoms with van der Waals surface area (Å²) in [5.41, 5.74) is 0. The molecule has 0 nitrogen and oxygen atoms in total. The van der Waals surface area contributed by atoms with E-state index in [2.05, 4.69) is 10.5 Å². The van der Waals surface area contributed by atoms with Gasteiger partial charge in [0, 0.05) is 35.6 Å². The SMILES string of the molecule is [AlH]=[S].[La].[MgH2]. The molecule has 0 aromatic heterocycles. The Morgan fingerprint density at radius 2 is 1.25 bits per heavy atom. The van der Waals surface area contributed by atoms with E-state index in [-0.39, 0.29) is 58.7 Å². The van der Waals surface area contributed by atoms with Gasteiger partial charge in [0.25, 0.3) is 0 Å². The molecule has 0 unspecified atom stereocenters. The Hall–Kier alpha value is 2.71. The quantitative estimate of drug-likeness (QED) is 0.481. The summed E-state index contributed by atoms with van der Waals surface area (Å²) in [6, 6.07) is 0. The molecule has 0 bridgehead atoms. The first-order chi connectivity index (χ1) is 1.00. The molecule has 0 saturated heterocycles. The second-order valence-corrected chi connectivity index (χ2v) is 0. The first kappa shape index (κ1) is 15.9. The fraction of sp³-hybridized carbons (Fsp3) is 0. The Morgan fingerprint density at radius 1 is 1.25 bits per heavy atom. The number of rotatable bonds is 0. The molecule has 0 amide bonds. The first-order valence-electron chi connectivity index (χ1n) is 0.289. The van der Waals surface area contributed by atoms with Gasteiger partial charge >= 0.3 is 48.2 Å². The summed E-state index contributed by atoms with van der Waals surface area (Å²) in [6.07, 6.45) is 0. The standard InChI is InChI=1S/Al.La.Mg.S.3H. The summed E-state index contributed by atoms with van der Waals surface area (Å²) >= 11 is 1.44. The van der Waals surface area contributed by atoms with Gasteiger partial charge in [0.2, 0.25) is 0 Å². The molecular weight excluding hydrogens is 222 g/mol. The van der Waals surface area contributed by atoms with Crippen molar-refractivity contribution in [2.45, 2.75) is 0 Å². The summed E-state index contributed by atoms with van der Waals surface area (Å²) in [7, 11) is 4.11. The molecule has 0 N–H and O–H groups in total. The fourth-order valence-corrected chi connectivity index (χ4v) is 0. The smallest absolute Gasteiger partial charge is 0 e. The van der Waals surface area contributed by atoms with E-state index in [4.69, 9.17) is 0 Å². The maximum absolute atomic E-state index is 4.11. The minimum atomic E-state index is 0. The molecule has 4 heteroatoms. The van der Waals surface area contributed by atoms with Crippen LogP contribution in [0.5, 0.6) is 0 Å². The zero-order valence-corrected chi connectivity index (χ0v) is 7.55. The molecule has 0 heterocycles. The molecule has 1 radical (unpaired) electrons. The van der Waals surface area contributed by atoms with Crippen LogP contribution >= 0.6 is 10.5 Å². The number of hydrogen-bond acceptors (Lipinski definition) is 1. The van der Waals surface area contributed by atoms with E-state index in [0.29, 0.717) is 0 Å². The van der Waals surface area contributed by atoms with Crippen molar-refractivity contribution in [3.8, 4) is 0 Å². The summed E-state index contributed by atoms with van der Waals surface area (Å²) in [5.74, 6) is 0. The van der Waals surface area contributed by atoms with E-state index < -0.39 is 0 Å². The Balaban J connectivity index is -0.00000000500. The summed E-state index contributed by atoms with van der Waals surface area (Å²) in [4.78, 5) is 0. The summed E-state index contributed by atoms with van der Waals surface area (Å²) in [6.45, 7) is 0. The Kier molecular flexibility index (Phi) is 68.5. The van der Waals surface area contributed by atoms with E-state index in [9.17, 15) is 0 Å². The van der Waals surface area contributed by atoms with Crippen molar-refractivity contribution in [3.05, 3.63) is 0 Å². The van der Waals surface area contributed by atoms with Crippen LogP contribution in [0.25, 0.3) is 0 Å². The van der Waals surface area contributed by atoms with Crippen molar-refractivity contribution in [2.24, 2.45) is 0 Å². The van der Waals surface area contributed by atoms with Crippen LogP contribution in [0.15, 0.2) is 0 Å². The van der Waals surface area contributed by atoms with Crippen LogP contribution in [-0.4, -0.2) is 37.7 Å². The largest absolute Gasteiger partial charge is 0.316 e. The molecule has 0 saturated carbocycles. The van der Waals surface area contributed by atoms with Crippen molar-refractivity contribution in [2.75, 3.05) is 0 Å². The van der Waals surface area contributed by atoms with Gasteiger partial charge in [0.15, 0.2) is 0 Å². The predicted molar refractivity (Wildman–Crippen MR) is 23.3 cm³/mol. The maximum Gasteiger partial charge on any atom is 0.316 e. The monoisotopic (exact) mass is 225 g/mol. The average molecular weight is 225 g/mol. The van der Waals surface area contributed by atoms with Crippen LogP contribution < -0.4 is 0 Å². The summed E-state index contributed by atoms with van der Waals surface area (Å²) < 4.78 is 0. The topological polar surface area (TPSA) is 0 Å². The molecule has 4 heavy (non-hydrogen) atoms. The fourth-order valence-electron chi connectivity index (χ4n) is 0. The third-order valence-corrected chi connectivity index (χ3v) is 0. The molecule has 0 aliphatic heterocycles.